The Morgan fingerprint density at radius 3 is 2.80 bits per heavy atom. The average Bonchev–Trinajstić information content (AvgIpc) is 2.73. The largest absolute Gasteiger partial charge is 0.468 e. The number of hydrogen-bond donors (Lipinski definition) is 0. The lowest BCUT2D eigenvalue weighted by atomic mass is 9.99. The van der Waals surface area contributed by atoms with E-state index in [2.05, 4.69) is 4.99 Å². The van der Waals surface area contributed by atoms with Crippen molar-refractivity contribution in [2.45, 2.75) is 0 Å². The fraction of sp³-hybridized carbons (Fsp3) is 0.167. The summed E-state index contributed by atoms with van der Waals surface area (Å²) in [4.78, 5) is 18.3. The van der Waals surface area contributed by atoms with Crippen LogP contribution >= 0.6 is 23.8 Å². The molecular weight excluding hydrogens is 363 g/mol. The summed E-state index contributed by atoms with van der Waals surface area (Å²) in [6, 6.07) is 11.5. The minimum atomic E-state index is -0.433. The molecule has 0 aliphatic carbocycles. The molecule has 1 heterocycles. The predicted molar refractivity (Wildman–Crippen MR) is 100 cm³/mol. The summed E-state index contributed by atoms with van der Waals surface area (Å²) in [5.74, 6) is -0.822. The maximum atomic E-state index is 14.3. The molecule has 25 heavy (non-hydrogen) atoms. The van der Waals surface area contributed by atoms with E-state index in [1.54, 1.807) is 41.3 Å². The van der Waals surface area contributed by atoms with Crippen LogP contribution in [-0.4, -0.2) is 36.9 Å². The molecule has 0 saturated carbocycles. The highest BCUT2D eigenvalue weighted by Crippen LogP contribution is 2.30. The molecule has 0 aromatic heterocycles. The second-order valence-electron chi connectivity index (χ2n) is 5.36. The molecular formula is C18H14ClFN2O2S. The van der Waals surface area contributed by atoms with Crippen LogP contribution in [0.1, 0.15) is 11.1 Å². The Bertz CT molecular complexity index is 885. The number of benzodiazepines with no additional fused rings is 1. The number of benzene rings is 2. The van der Waals surface area contributed by atoms with E-state index in [0.717, 1.165) is 0 Å². The van der Waals surface area contributed by atoms with Crippen LogP contribution in [0.3, 0.4) is 0 Å². The zero-order valence-corrected chi connectivity index (χ0v) is 14.9. The molecule has 0 saturated heterocycles. The molecule has 0 spiro atoms. The lowest BCUT2D eigenvalue weighted by Gasteiger charge is -2.24. The van der Waals surface area contributed by atoms with E-state index in [9.17, 15) is 9.18 Å². The first kappa shape index (κ1) is 17.5. The third-order valence-corrected chi connectivity index (χ3v) is 4.41. The first-order chi connectivity index (χ1) is 12.0. The van der Waals surface area contributed by atoms with E-state index in [0.29, 0.717) is 32.5 Å². The van der Waals surface area contributed by atoms with Crippen molar-refractivity contribution in [3.63, 3.8) is 0 Å². The summed E-state index contributed by atoms with van der Waals surface area (Å²) in [5, 5.41) is 0.480. The van der Waals surface area contributed by atoms with Gasteiger partial charge in [-0.05, 0) is 30.3 Å². The maximum Gasteiger partial charge on any atom is 0.325 e. The molecule has 1 aliphatic rings. The third-order valence-electron chi connectivity index (χ3n) is 3.82. The number of nitrogens with zero attached hydrogens (tertiary/aromatic N) is 2. The van der Waals surface area contributed by atoms with Crippen LogP contribution in [0.15, 0.2) is 47.5 Å². The summed E-state index contributed by atoms with van der Waals surface area (Å²) in [7, 11) is 1.31. The Balaban J connectivity index is 2.17. The lowest BCUT2D eigenvalue weighted by molar-refractivity contribution is -0.138. The molecule has 2 aromatic carbocycles. The highest BCUT2D eigenvalue weighted by Gasteiger charge is 2.26. The predicted octanol–water partition coefficient (Wildman–Crippen LogP) is 3.64. The van der Waals surface area contributed by atoms with Crippen LogP contribution in [0.25, 0.3) is 0 Å². The van der Waals surface area contributed by atoms with Gasteiger partial charge in [-0.3, -0.25) is 9.79 Å². The fourth-order valence-electron chi connectivity index (χ4n) is 2.64. The number of thiocarbonyl (C=S) groups is 1. The smallest absolute Gasteiger partial charge is 0.325 e. The number of halogens is 2. The molecule has 0 amide bonds. The van der Waals surface area contributed by atoms with Crippen LogP contribution in [0.4, 0.5) is 10.1 Å². The van der Waals surface area contributed by atoms with Gasteiger partial charge in [0.15, 0.2) is 0 Å². The molecule has 1 aliphatic heterocycles. The summed E-state index contributed by atoms with van der Waals surface area (Å²) in [6.07, 6.45) is 0. The first-order valence-corrected chi connectivity index (χ1v) is 8.26. The number of rotatable bonds is 3. The van der Waals surface area contributed by atoms with Gasteiger partial charge in [-0.25, -0.2) is 4.39 Å². The molecule has 0 N–H and O–H groups in total. The van der Waals surface area contributed by atoms with Crippen LogP contribution in [-0.2, 0) is 9.53 Å². The summed E-state index contributed by atoms with van der Waals surface area (Å²) >= 11 is 11.6. The van der Waals surface area contributed by atoms with Gasteiger partial charge >= 0.3 is 5.97 Å². The molecule has 3 rings (SSSR count). The Labute approximate surface area is 154 Å². The van der Waals surface area contributed by atoms with Gasteiger partial charge in [-0.2, -0.15) is 0 Å². The zero-order valence-electron chi connectivity index (χ0n) is 13.3. The van der Waals surface area contributed by atoms with Gasteiger partial charge in [0.05, 0.1) is 25.1 Å². The Morgan fingerprint density at radius 2 is 2.08 bits per heavy atom. The third kappa shape index (κ3) is 3.55. The van der Waals surface area contributed by atoms with Gasteiger partial charge in [0.25, 0.3) is 0 Å². The molecule has 0 atom stereocenters. The van der Waals surface area contributed by atoms with E-state index in [4.69, 9.17) is 28.6 Å². The van der Waals surface area contributed by atoms with Gasteiger partial charge in [0.2, 0.25) is 0 Å². The van der Waals surface area contributed by atoms with Crippen molar-refractivity contribution in [2.75, 3.05) is 25.1 Å². The van der Waals surface area contributed by atoms with Crippen molar-refractivity contribution >= 4 is 46.2 Å². The van der Waals surface area contributed by atoms with Crippen molar-refractivity contribution in [2.24, 2.45) is 4.99 Å². The molecule has 4 nitrogen and oxygen atoms in total. The average molecular weight is 377 g/mol. The Morgan fingerprint density at radius 1 is 1.32 bits per heavy atom. The number of methoxy groups -OCH3 is 1. The second kappa shape index (κ2) is 7.29. The topological polar surface area (TPSA) is 41.9 Å². The summed E-state index contributed by atoms with van der Waals surface area (Å²) in [5.41, 5.74) is 2.06. The first-order valence-electron chi connectivity index (χ1n) is 7.47. The second-order valence-corrected chi connectivity index (χ2v) is 6.27. The summed E-state index contributed by atoms with van der Waals surface area (Å²) < 4.78 is 19.1. The van der Waals surface area contributed by atoms with Gasteiger partial charge < -0.3 is 9.64 Å². The number of fused-ring (bicyclic) bond motifs is 1. The Kier molecular flexibility index (Phi) is 5.11. The lowest BCUT2D eigenvalue weighted by Crippen LogP contribution is -2.36. The number of hydrogen-bond acceptors (Lipinski definition) is 4. The van der Waals surface area contributed by atoms with Gasteiger partial charge in [-0.1, -0.05) is 36.0 Å². The van der Waals surface area contributed by atoms with E-state index in [-0.39, 0.29) is 18.9 Å². The molecule has 0 bridgehead atoms. The monoisotopic (exact) mass is 376 g/mol. The molecule has 0 fully saturated rings. The molecule has 0 unspecified atom stereocenters. The van der Waals surface area contributed by atoms with Crippen LogP contribution in [0.2, 0.25) is 5.02 Å². The molecule has 2 aromatic rings. The van der Waals surface area contributed by atoms with Crippen molar-refractivity contribution in [1.82, 2.24) is 0 Å². The van der Waals surface area contributed by atoms with Crippen molar-refractivity contribution in [3.05, 3.63) is 64.4 Å². The van der Waals surface area contributed by atoms with E-state index in [1.807, 2.05) is 0 Å². The van der Waals surface area contributed by atoms with Gasteiger partial charge in [0.1, 0.15) is 17.4 Å². The van der Waals surface area contributed by atoms with Crippen LogP contribution < -0.4 is 4.90 Å². The minimum Gasteiger partial charge on any atom is -0.468 e. The number of esters is 1. The maximum absolute atomic E-state index is 14.3. The molecule has 0 radical (unpaired) electrons. The molecule has 128 valence electrons. The normalized spacial score (nSPS) is 13.8. The summed E-state index contributed by atoms with van der Waals surface area (Å²) in [6.45, 7) is 0.104. The Hall–Kier alpha value is -2.31. The van der Waals surface area contributed by atoms with Gasteiger partial charge in [-0.15, -0.1) is 0 Å². The standard InChI is InChI=1S/C18H14ClFN2O2S/c1-24-17(23)10-22-15-7-6-11(19)8-13(15)18(21-9-16(22)25)12-4-2-3-5-14(12)20/h2-8H,9-10H2,1H3. The highest BCUT2D eigenvalue weighted by atomic mass is 35.5. The number of ether oxygens (including phenoxy) is 1. The minimum absolute atomic E-state index is 0.0516. The van der Waals surface area contributed by atoms with Gasteiger partial charge in [0, 0.05) is 16.1 Å². The van der Waals surface area contributed by atoms with Crippen molar-refractivity contribution in [3.8, 4) is 0 Å². The van der Waals surface area contributed by atoms with Crippen LogP contribution in [0.5, 0.6) is 0 Å². The van der Waals surface area contributed by atoms with Crippen LogP contribution in [0, 0.1) is 5.82 Å². The van der Waals surface area contributed by atoms with E-state index >= 15 is 0 Å². The van der Waals surface area contributed by atoms with Crippen molar-refractivity contribution in [1.29, 1.82) is 0 Å². The van der Waals surface area contributed by atoms with Crippen molar-refractivity contribution < 1.29 is 13.9 Å². The number of carbonyl (C=O) groups is 1. The molecule has 7 heteroatoms. The van der Waals surface area contributed by atoms with E-state index < -0.39 is 5.97 Å². The zero-order chi connectivity index (χ0) is 18.0. The SMILES string of the molecule is COC(=O)CN1C(=S)CN=C(c2ccccc2F)c2cc(Cl)ccc21. The number of carbonyl (C=O) groups excluding carboxylic acids is 1. The fourth-order valence-corrected chi connectivity index (χ4v) is 3.03. The van der Waals surface area contributed by atoms with E-state index in [1.165, 1.54) is 13.2 Å². The quantitative estimate of drug-likeness (QED) is 0.606. The highest BCUT2D eigenvalue weighted by molar-refractivity contribution is 7.80. The number of aliphatic imine (C=N–C) groups is 1. The number of anilines is 1.